The molecular formula is C16H10ClN3O2S. The molecule has 0 radical (unpaired) electrons. The number of hydrogen-bond donors (Lipinski definition) is 0. The molecule has 0 N–H and O–H groups in total. The lowest BCUT2D eigenvalue weighted by Gasteiger charge is -1.96. The van der Waals surface area contributed by atoms with E-state index in [1.54, 1.807) is 6.07 Å². The van der Waals surface area contributed by atoms with Gasteiger partial charge in [0.25, 0.3) is 5.22 Å². The van der Waals surface area contributed by atoms with Gasteiger partial charge in [-0.15, -0.1) is 10.2 Å². The summed E-state index contributed by atoms with van der Waals surface area (Å²) in [5.74, 6) is 1.38. The van der Waals surface area contributed by atoms with Gasteiger partial charge in [-0.25, -0.2) is 4.98 Å². The first-order valence-electron chi connectivity index (χ1n) is 6.85. The standard InChI is InChI=1S/C16H10ClN3O2S/c17-11-6-2-1-5-10(11)15-20-19-14(22-15)9-23-16-18-12-7-3-4-8-13(12)21-16/h1-8H,9H2. The highest BCUT2D eigenvalue weighted by atomic mass is 35.5. The Bertz CT molecular complexity index is 934. The molecule has 0 saturated carbocycles. The molecule has 0 saturated heterocycles. The summed E-state index contributed by atoms with van der Waals surface area (Å²) in [4.78, 5) is 4.39. The zero-order chi connectivity index (χ0) is 15.6. The summed E-state index contributed by atoms with van der Waals surface area (Å²) >= 11 is 7.53. The minimum absolute atomic E-state index is 0.406. The number of aromatic nitrogens is 3. The highest BCUT2D eigenvalue weighted by Crippen LogP contribution is 2.29. The van der Waals surface area contributed by atoms with Crippen molar-refractivity contribution in [3.05, 3.63) is 59.4 Å². The fourth-order valence-corrected chi connectivity index (χ4v) is 2.98. The molecule has 2 aromatic heterocycles. The highest BCUT2D eigenvalue weighted by Gasteiger charge is 2.13. The molecule has 4 rings (SSSR count). The van der Waals surface area contributed by atoms with Crippen molar-refractivity contribution in [2.45, 2.75) is 11.0 Å². The van der Waals surface area contributed by atoms with Gasteiger partial charge < -0.3 is 8.83 Å². The molecule has 114 valence electrons. The van der Waals surface area contributed by atoms with Crippen LogP contribution >= 0.6 is 23.4 Å². The van der Waals surface area contributed by atoms with Crippen LogP contribution in [0, 0.1) is 0 Å². The Balaban J connectivity index is 1.51. The van der Waals surface area contributed by atoms with Crippen LogP contribution < -0.4 is 0 Å². The van der Waals surface area contributed by atoms with Crippen LogP contribution in [0.25, 0.3) is 22.6 Å². The Morgan fingerprint density at radius 3 is 2.65 bits per heavy atom. The van der Waals surface area contributed by atoms with Gasteiger partial charge >= 0.3 is 0 Å². The van der Waals surface area contributed by atoms with Gasteiger partial charge in [0.2, 0.25) is 11.8 Å². The van der Waals surface area contributed by atoms with Crippen LogP contribution in [0.4, 0.5) is 0 Å². The number of para-hydroxylation sites is 2. The van der Waals surface area contributed by atoms with Crippen LogP contribution in [0.2, 0.25) is 5.02 Å². The van der Waals surface area contributed by atoms with E-state index >= 15 is 0 Å². The van der Waals surface area contributed by atoms with E-state index in [0.29, 0.717) is 27.8 Å². The SMILES string of the molecule is Clc1ccccc1-c1nnc(CSc2nc3ccccc3o2)o1. The van der Waals surface area contributed by atoms with E-state index in [1.807, 2.05) is 42.5 Å². The molecule has 5 nitrogen and oxygen atoms in total. The minimum atomic E-state index is 0.406. The zero-order valence-electron chi connectivity index (χ0n) is 11.8. The van der Waals surface area contributed by atoms with Crippen molar-refractivity contribution in [2.75, 3.05) is 0 Å². The van der Waals surface area contributed by atoms with E-state index in [1.165, 1.54) is 11.8 Å². The van der Waals surface area contributed by atoms with Gasteiger partial charge in [-0.1, -0.05) is 47.6 Å². The number of halogens is 1. The molecule has 0 atom stereocenters. The van der Waals surface area contributed by atoms with E-state index in [2.05, 4.69) is 15.2 Å². The molecule has 0 amide bonds. The third kappa shape index (κ3) is 2.95. The van der Waals surface area contributed by atoms with Crippen molar-refractivity contribution in [1.82, 2.24) is 15.2 Å². The van der Waals surface area contributed by atoms with Crippen molar-refractivity contribution >= 4 is 34.5 Å². The van der Waals surface area contributed by atoms with Gasteiger partial charge in [0.1, 0.15) is 5.52 Å². The maximum Gasteiger partial charge on any atom is 0.257 e. The predicted molar refractivity (Wildman–Crippen MR) is 88.3 cm³/mol. The predicted octanol–water partition coefficient (Wildman–Crippen LogP) is 4.82. The molecule has 4 aromatic rings. The highest BCUT2D eigenvalue weighted by molar-refractivity contribution is 7.98. The van der Waals surface area contributed by atoms with Gasteiger partial charge in [0, 0.05) is 0 Å². The Morgan fingerprint density at radius 1 is 0.957 bits per heavy atom. The maximum absolute atomic E-state index is 6.13. The number of oxazole rings is 1. The van der Waals surface area contributed by atoms with E-state index in [9.17, 15) is 0 Å². The number of thioether (sulfide) groups is 1. The molecule has 7 heteroatoms. The number of hydrogen-bond acceptors (Lipinski definition) is 6. The monoisotopic (exact) mass is 343 g/mol. The lowest BCUT2D eigenvalue weighted by atomic mass is 10.2. The molecule has 0 aliphatic rings. The van der Waals surface area contributed by atoms with E-state index < -0.39 is 0 Å². The van der Waals surface area contributed by atoms with Gasteiger partial charge in [0.15, 0.2) is 5.58 Å². The van der Waals surface area contributed by atoms with Crippen LogP contribution in [0.5, 0.6) is 0 Å². The van der Waals surface area contributed by atoms with Crippen molar-refractivity contribution in [3.8, 4) is 11.5 Å². The largest absolute Gasteiger partial charge is 0.431 e. The summed E-state index contributed by atoms with van der Waals surface area (Å²) in [6.07, 6.45) is 0. The topological polar surface area (TPSA) is 65.0 Å². The molecule has 0 aliphatic heterocycles. The fraction of sp³-hybridized carbons (Fsp3) is 0.0625. The first kappa shape index (κ1) is 14.3. The molecule has 23 heavy (non-hydrogen) atoms. The Morgan fingerprint density at radius 2 is 1.78 bits per heavy atom. The Labute approximate surface area is 140 Å². The van der Waals surface area contributed by atoms with Gasteiger partial charge in [-0.2, -0.15) is 0 Å². The summed E-state index contributed by atoms with van der Waals surface area (Å²) in [5.41, 5.74) is 2.31. The van der Waals surface area contributed by atoms with Gasteiger partial charge in [0.05, 0.1) is 16.3 Å². The molecule has 0 aliphatic carbocycles. The van der Waals surface area contributed by atoms with Gasteiger partial charge in [-0.05, 0) is 24.3 Å². The molecule has 2 aromatic carbocycles. The van der Waals surface area contributed by atoms with E-state index in [0.717, 1.165) is 16.7 Å². The second kappa shape index (κ2) is 6.06. The van der Waals surface area contributed by atoms with Crippen LogP contribution in [-0.2, 0) is 5.75 Å². The van der Waals surface area contributed by atoms with Crippen molar-refractivity contribution in [1.29, 1.82) is 0 Å². The average Bonchev–Trinajstić information content (AvgIpc) is 3.19. The van der Waals surface area contributed by atoms with Crippen molar-refractivity contribution < 1.29 is 8.83 Å². The van der Waals surface area contributed by atoms with Gasteiger partial charge in [-0.3, -0.25) is 0 Å². The third-order valence-electron chi connectivity index (χ3n) is 3.16. The molecule has 0 fully saturated rings. The number of nitrogens with zero attached hydrogens (tertiary/aromatic N) is 3. The summed E-state index contributed by atoms with van der Waals surface area (Å²) < 4.78 is 11.3. The smallest absolute Gasteiger partial charge is 0.257 e. The number of benzene rings is 2. The molecule has 0 unspecified atom stereocenters. The normalized spacial score (nSPS) is 11.2. The molecular weight excluding hydrogens is 334 g/mol. The first-order chi connectivity index (χ1) is 11.3. The van der Waals surface area contributed by atoms with Crippen LogP contribution in [0.3, 0.4) is 0 Å². The average molecular weight is 344 g/mol. The lowest BCUT2D eigenvalue weighted by Crippen LogP contribution is -1.80. The summed E-state index contributed by atoms with van der Waals surface area (Å²) in [7, 11) is 0. The number of rotatable bonds is 4. The summed E-state index contributed by atoms with van der Waals surface area (Å²) in [5, 5.41) is 9.22. The molecule has 0 bridgehead atoms. The molecule has 2 heterocycles. The Hall–Kier alpha value is -2.31. The lowest BCUT2D eigenvalue weighted by molar-refractivity contribution is 0.486. The van der Waals surface area contributed by atoms with Crippen LogP contribution in [-0.4, -0.2) is 15.2 Å². The van der Waals surface area contributed by atoms with Crippen LogP contribution in [0.1, 0.15) is 5.89 Å². The minimum Gasteiger partial charge on any atom is -0.431 e. The quantitative estimate of drug-likeness (QED) is 0.495. The third-order valence-corrected chi connectivity index (χ3v) is 4.31. The molecule has 0 spiro atoms. The number of fused-ring (bicyclic) bond motifs is 1. The first-order valence-corrected chi connectivity index (χ1v) is 8.21. The summed E-state index contributed by atoms with van der Waals surface area (Å²) in [6, 6.07) is 15.0. The van der Waals surface area contributed by atoms with Crippen LogP contribution in [0.15, 0.2) is 62.6 Å². The zero-order valence-corrected chi connectivity index (χ0v) is 13.3. The second-order valence-electron chi connectivity index (χ2n) is 4.72. The Kier molecular flexibility index (Phi) is 3.77. The van der Waals surface area contributed by atoms with E-state index in [4.69, 9.17) is 20.4 Å². The summed E-state index contributed by atoms with van der Waals surface area (Å²) in [6.45, 7) is 0. The van der Waals surface area contributed by atoms with Crippen molar-refractivity contribution in [3.63, 3.8) is 0 Å². The van der Waals surface area contributed by atoms with Crippen molar-refractivity contribution in [2.24, 2.45) is 0 Å². The maximum atomic E-state index is 6.13. The second-order valence-corrected chi connectivity index (χ2v) is 6.05. The van der Waals surface area contributed by atoms with E-state index in [-0.39, 0.29) is 0 Å². The fourth-order valence-electron chi connectivity index (χ4n) is 2.09.